The maximum Gasteiger partial charge on any atom is 0.176 e. The highest BCUT2D eigenvalue weighted by Gasteiger charge is 2.21. The molecule has 0 aliphatic heterocycles. The van der Waals surface area contributed by atoms with Crippen LogP contribution in [0.1, 0.15) is 24.4 Å². The molecule has 0 fully saturated rings. The first-order chi connectivity index (χ1) is 9.65. The highest BCUT2D eigenvalue weighted by Crippen LogP contribution is 2.29. The molecule has 1 unspecified atom stereocenters. The highest BCUT2D eigenvalue weighted by atomic mass is 19.1. The van der Waals surface area contributed by atoms with Gasteiger partial charge in [0.2, 0.25) is 0 Å². The lowest BCUT2D eigenvalue weighted by atomic mass is 10.0. The number of tetrazole rings is 1. The Hall–Kier alpha value is -2.02. The Morgan fingerprint density at radius 3 is 2.85 bits per heavy atom. The van der Waals surface area contributed by atoms with Crippen LogP contribution in [0.3, 0.4) is 0 Å². The van der Waals surface area contributed by atoms with Crippen molar-refractivity contribution in [3.63, 3.8) is 0 Å². The van der Waals surface area contributed by atoms with Gasteiger partial charge in [-0.15, -0.1) is 10.2 Å². The summed E-state index contributed by atoms with van der Waals surface area (Å²) < 4.78 is 19.4. The largest absolute Gasteiger partial charge is 0.496 e. The van der Waals surface area contributed by atoms with Crippen LogP contribution in [0.25, 0.3) is 0 Å². The van der Waals surface area contributed by atoms with Gasteiger partial charge in [-0.3, -0.25) is 0 Å². The number of nitrogens with zero attached hydrogens (tertiary/aromatic N) is 4. The van der Waals surface area contributed by atoms with E-state index in [-0.39, 0.29) is 11.9 Å². The van der Waals surface area contributed by atoms with Crippen molar-refractivity contribution >= 4 is 0 Å². The van der Waals surface area contributed by atoms with Gasteiger partial charge >= 0.3 is 0 Å². The lowest BCUT2D eigenvalue weighted by Gasteiger charge is -2.20. The molecule has 0 bridgehead atoms. The van der Waals surface area contributed by atoms with Crippen LogP contribution in [-0.4, -0.2) is 33.9 Å². The van der Waals surface area contributed by atoms with E-state index in [0.29, 0.717) is 30.1 Å². The maximum absolute atomic E-state index is 14.1. The molecule has 0 aliphatic carbocycles. The lowest BCUT2D eigenvalue weighted by molar-refractivity contribution is 0.389. The second-order valence-corrected chi connectivity index (χ2v) is 4.37. The Labute approximate surface area is 116 Å². The number of likely N-dealkylation sites (N-methyl/N-ethyl adjacent to an activating group) is 1. The normalized spacial score (nSPS) is 12.4. The van der Waals surface area contributed by atoms with Crippen LogP contribution in [0.15, 0.2) is 18.2 Å². The molecule has 0 spiro atoms. The smallest absolute Gasteiger partial charge is 0.176 e. The fraction of sp³-hybridized carbons (Fsp3) is 0.462. The molecule has 1 heterocycles. The van der Waals surface area contributed by atoms with Crippen LogP contribution in [0.2, 0.25) is 0 Å². The number of halogens is 1. The van der Waals surface area contributed by atoms with Crippen LogP contribution in [-0.2, 0) is 13.5 Å². The molecule has 20 heavy (non-hydrogen) atoms. The summed E-state index contributed by atoms with van der Waals surface area (Å²) in [5.41, 5.74) is 0.490. The Morgan fingerprint density at radius 2 is 2.25 bits per heavy atom. The monoisotopic (exact) mass is 279 g/mol. The zero-order valence-corrected chi connectivity index (χ0v) is 11.8. The maximum atomic E-state index is 14.1. The summed E-state index contributed by atoms with van der Waals surface area (Å²) in [6, 6.07) is 4.53. The highest BCUT2D eigenvalue weighted by molar-refractivity contribution is 5.37. The van der Waals surface area contributed by atoms with Crippen molar-refractivity contribution in [1.82, 2.24) is 25.5 Å². The lowest BCUT2D eigenvalue weighted by Crippen LogP contribution is -2.25. The van der Waals surface area contributed by atoms with Crippen molar-refractivity contribution in [2.75, 3.05) is 13.7 Å². The summed E-state index contributed by atoms with van der Waals surface area (Å²) >= 11 is 0. The summed E-state index contributed by atoms with van der Waals surface area (Å²) in [7, 11) is 3.23. The second-order valence-electron chi connectivity index (χ2n) is 4.37. The molecule has 6 nitrogen and oxygen atoms in total. The summed E-state index contributed by atoms with van der Waals surface area (Å²) in [5.74, 6) is 0.766. The molecule has 0 amide bonds. The van der Waals surface area contributed by atoms with Crippen molar-refractivity contribution in [2.45, 2.75) is 19.4 Å². The van der Waals surface area contributed by atoms with Crippen LogP contribution >= 0.6 is 0 Å². The summed E-state index contributed by atoms with van der Waals surface area (Å²) in [6.45, 7) is 2.66. The standard InChI is InChI=1S/C13H18FN5O/c1-4-15-10(8-12-16-18-19(2)17-12)13-9(14)6-5-7-11(13)20-3/h5-7,10,15H,4,8H2,1-3H3. The topological polar surface area (TPSA) is 64.9 Å². The van der Waals surface area contributed by atoms with Crippen molar-refractivity contribution in [1.29, 1.82) is 0 Å². The number of aryl methyl sites for hydroxylation is 1. The van der Waals surface area contributed by atoms with Crippen molar-refractivity contribution in [3.05, 3.63) is 35.4 Å². The SMILES string of the molecule is CCNC(Cc1nnn(C)n1)c1c(F)cccc1OC. The number of nitrogens with one attached hydrogen (secondary N) is 1. The molecule has 1 aromatic heterocycles. The average molecular weight is 279 g/mol. The minimum Gasteiger partial charge on any atom is -0.496 e. The van der Waals surface area contributed by atoms with E-state index in [0.717, 1.165) is 0 Å². The van der Waals surface area contributed by atoms with Gasteiger partial charge in [-0.25, -0.2) is 4.39 Å². The third-order valence-electron chi connectivity index (χ3n) is 2.97. The number of rotatable bonds is 6. The van der Waals surface area contributed by atoms with Gasteiger partial charge in [-0.2, -0.15) is 4.80 Å². The first-order valence-corrected chi connectivity index (χ1v) is 6.44. The van der Waals surface area contributed by atoms with E-state index in [1.54, 1.807) is 19.2 Å². The van der Waals surface area contributed by atoms with Crippen molar-refractivity contribution < 1.29 is 9.13 Å². The molecule has 0 radical (unpaired) electrons. The molecular formula is C13H18FN5O. The zero-order chi connectivity index (χ0) is 14.5. The summed E-state index contributed by atoms with van der Waals surface area (Å²) in [6.07, 6.45) is 0.443. The number of aromatic nitrogens is 4. The zero-order valence-electron chi connectivity index (χ0n) is 11.8. The van der Waals surface area contributed by atoms with E-state index >= 15 is 0 Å². The quantitative estimate of drug-likeness (QED) is 0.862. The Balaban J connectivity index is 2.33. The molecule has 7 heteroatoms. The van der Waals surface area contributed by atoms with Crippen molar-refractivity contribution in [2.24, 2.45) is 7.05 Å². The second kappa shape index (κ2) is 6.42. The minimum absolute atomic E-state index is 0.264. The van der Waals surface area contributed by atoms with E-state index in [2.05, 4.69) is 20.7 Å². The molecule has 2 aromatic rings. The van der Waals surface area contributed by atoms with Gasteiger partial charge < -0.3 is 10.1 Å². The van der Waals surface area contributed by atoms with Crippen LogP contribution in [0.4, 0.5) is 4.39 Å². The molecule has 0 saturated carbocycles. The molecule has 0 saturated heterocycles. The number of hydrogen-bond donors (Lipinski definition) is 1. The molecule has 1 N–H and O–H groups in total. The van der Waals surface area contributed by atoms with Crippen molar-refractivity contribution in [3.8, 4) is 5.75 Å². The van der Waals surface area contributed by atoms with Gasteiger partial charge in [-0.1, -0.05) is 13.0 Å². The molecule has 1 aromatic carbocycles. The van der Waals surface area contributed by atoms with E-state index in [9.17, 15) is 4.39 Å². The third-order valence-corrected chi connectivity index (χ3v) is 2.97. The van der Waals surface area contributed by atoms with E-state index in [1.807, 2.05) is 6.92 Å². The number of benzene rings is 1. The van der Waals surface area contributed by atoms with Gasteiger partial charge in [0.15, 0.2) is 5.82 Å². The summed E-state index contributed by atoms with van der Waals surface area (Å²) in [4.78, 5) is 1.39. The van der Waals surface area contributed by atoms with Gasteiger partial charge in [0.25, 0.3) is 0 Å². The van der Waals surface area contributed by atoms with E-state index in [1.165, 1.54) is 18.0 Å². The van der Waals surface area contributed by atoms with Crippen LogP contribution in [0.5, 0.6) is 5.75 Å². The number of ether oxygens (including phenoxy) is 1. The Bertz CT molecular complexity index is 572. The van der Waals surface area contributed by atoms with Crippen LogP contribution in [0, 0.1) is 5.82 Å². The Morgan fingerprint density at radius 1 is 1.45 bits per heavy atom. The number of hydrogen-bond acceptors (Lipinski definition) is 5. The molecule has 0 aliphatic rings. The molecular weight excluding hydrogens is 261 g/mol. The minimum atomic E-state index is -0.306. The van der Waals surface area contributed by atoms with Gasteiger partial charge in [-0.05, 0) is 23.9 Å². The average Bonchev–Trinajstić information content (AvgIpc) is 2.83. The van der Waals surface area contributed by atoms with Gasteiger partial charge in [0, 0.05) is 18.0 Å². The third kappa shape index (κ3) is 3.11. The molecule has 1 atom stereocenters. The fourth-order valence-corrected chi connectivity index (χ4v) is 2.14. The van der Waals surface area contributed by atoms with E-state index < -0.39 is 0 Å². The molecule has 2 rings (SSSR count). The van der Waals surface area contributed by atoms with Crippen LogP contribution < -0.4 is 10.1 Å². The van der Waals surface area contributed by atoms with Gasteiger partial charge in [0.05, 0.1) is 14.2 Å². The molecule has 108 valence electrons. The predicted molar refractivity (Wildman–Crippen MR) is 71.9 cm³/mol. The Kier molecular flexibility index (Phi) is 4.62. The first kappa shape index (κ1) is 14.4. The van der Waals surface area contributed by atoms with E-state index in [4.69, 9.17) is 4.74 Å². The first-order valence-electron chi connectivity index (χ1n) is 6.44. The predicted octanol–water partition coefficient (Wildman–Crippen LogP) is 1.25. The van der Waals surface area contributed by atoms with Gasteiger partial charge in [0.1, 0.15) is 11.6 Å². The number of methoxy groups -OCH3 is 1. The fourth-order valence-electron chi connectivity index (χ4n) is 2.14. The summed E-state index contributed by atoms with van der Waals surface area (Å²) in [5, 5.41) is 15.1.